The molecule has 136 valence electrons. The van der Waals surface area contributed by atoms with Crippen molar-refractivity contribution < 1.29 is 14.3 Å². The van der Waals surface area contributed by atoms with Crippen LogP contribution in [0.1, 0.15) is 32.8 Å². The molecule has 0 bridgehead atoms. The third-order valence-corrected chi connectivity index (χ3v) is 4.96. The van der Waals surface area contributed by atoms with Crippen molar-refractivity contribution >= 4 is 11.8 Å². The summed E-state index contributed by atoms with van der Waals surface area (Å²) in [6.07, 6.45) is 1.34. The largest absolute Gasteiger partial charge is 0.486 e. The van der Waals surface area contributed by atoms with E-state index in [1.165, 1.54) is 5.56 Å². The van der Waals surface area contributed by atoms with Gasteiger partial charge < -0.3 is 14.5 Å². The fourth-order valence-electron chi connectivity index (χ4n) is 3.60. The number of benzene rings is 1. The SMILES string of the molecule is CCc1ccccc1OC1CN(C(=O)[C@H]2CC(=O)N(CC(C)C)C2)C1. The maximum Gasteiger partial charge on any atom is 0.228 e. The number of carbonyl (C=O) groups is 2. The van der Waals surface area contributed by atoms with Crippen LogP contribution in [-0.2, 0) is 16.0 Å². The van der Waals surface area contributed by atoms with Gasteiger partial charge in [-0.15, -0.1) is 0 Å². The highest BCUT2D eigenvalue weighted by Gasteiger charge is 2.41. The smallest absolute Gasteiger partial charge is 0.228 e. The average molecular weight is 344 g/mol. The number of nitrogens with zero attached hydrogens (tertiary/aromatic N) is 2. The third-order valence-electron chi connectivity index (χ3n) is 4.96. The molecule has 2 saturated heterocycles. The van der Waals surface area contributed by atoms with E-state index in [2.05, 4.69) is 26.8 Å². The Morgan fingerprint density at radius 2 is 1.96 bits per heavy atom. The summed E-state index contributed by atoms with van der Waals surface area (Å²) in [6.45, 7) is 8.83. The quantitative estimate of drug-likeness (QED) is 0.796. The van der Waals surface area contributed by atoms with E-state index in [9.17, 15) is 9.59 Å². The number of carbonyl (C=O) groups excluding carboxylic acids is 2. The zero-order chi connectivity index (χ0) is 18.0. The van der Waals surface area contributed by atoms with E-state index in [-0.39, 0.29) is 23.8 Å². The zero-order valence-electron chi connectivity index (χ0n) is 15.4. The van der Waals surface area contributed by atoms with E-state index >= 15 is 0 Å². The van der Waals surface area contributed by atoms with Gasteiger partial charge in [0, 0.05) is 19.5 Å². The van der Waals surface area contributed by atoms with Crippen molar-refractivity contribution in [2.45, 2.75) is 39.7 Å². The highest BCUT2D eigenvalue weighted by Crippen LogP contribution is 2.26. The summed E-state index contributed by atoms with van der Waals surface area (Å²) in [7, 11) is 0. The lowest BCUT2D eigenvalue weighted by molar-refractivity contribution is -0.144. The van der Waals surface area contributed by atoms with Crippen molar-refractivity contribution in [1.82, 2.24) is 9.80 Å². The minimum absolute atomic E-state index is 0.0560. The molecule has 2 aliphatic rings. The van der Waals surface area contributed by atoms with Crippen molar-refractivity contribution in [3.05, 3.63) is 29.8 Å². The normalized spacial score (nSPS) is 21.0. The number of hydrogen-bond acceptors (Lipinski definition) is 3. The van der Waals surface area contributed by atoms with Crippen LogP contribution >= 0.6 is 0 Å². The molecule has 5 heteroatoms. The number of rotatable bonds is 6. The molecule has 0 aliphatic carbocycles. The standard InChI is InChI=1S/C20H28N2O3/c1-4-15-7-5-6-8-18(15)25-17-12-22(13-17)20(24)16-9-19(23)21(11-16)10-14(2)3/h5-8,14,16-17H,4,9-13H2,1-3H3/t16-/m0/s1. The van der Waals surface area contributed by atoms with E-state index in [1.54, 1.807) is 0 Å². The molecule has 0 radical (unpaired) electrons. The molecule has 0 N–H and O–H groups in total. The van der Waals surface area contributed by atoms with E-state index in [1.807, 2.05) is 28.0 Å². The highest BCUT2D eigenvalue weighted by atomic mass is 16.5. The van der Waals surface area contributed by atoms with Crippen molar-refractivity contribution in [3.63, 3.8) is 0 Å². The second kappa shape index (κ2) is 7.46. The van der Waals surface area contributed by atoms with Crippen LogP contribution < -0.4 is 4.74 Å². The van der Waals surface area contributed by atoms with Gasteiger partial charge in [-0.2, -0.15) is 0 Å². The predicted octanol–water partition coefficient (Wildman–Crippen LogP) is 2.34. The molecule has 2 heterocycles. The fourth-order valence-corrected chi connectivity index (χ4v) is 3.60. The van der Waals surface area contributed by atoms with Gasteiger partial charge in [-0.1, -0.05) is 39.0 Å². The molecule has 1 atom stereocenters. The van der Waals surface area contributed by atoms with E-state index in [0.717, 1.165) is 18.7 Å². The molecule has 0 unspecified atom stereocenters. The second-order valence-corrected chi connectivity index (χ2v) is 7.54. The highest BCUT2D eigenvalue weighted by molar-refractivity contribution is 5.89. The van der Waals surface area contributed by atoms with Crippen LogP contribution in [0.4, 0.5) is 0 Å². The number of amides is 2. The molecule has 25 heavy (non-hydrogen) atoms. The maximum atomic E-state index is 12.6. The molecule has 1 aromatic rings. The molecule has 2 aliphatic heterocycles. The summed E-state index contributed by atoms with van der Waals surface area (Å²) in [5.41, 5.74) is 1.19. The number of aryl methyl sites for hydroxylation is 1. The topological polar surface area (TPSA) is 49.9 Å². The van der Waals surface area contributed by atoms with Crippen molar-refractivity contribution in [1.29, 1.82) is 0 Å². The van der Waals surface area contributed by atoms with Gasteiger partial charge in [0.15, 0.2) is 0 Å². The van der Waals surface area contributed by atoms with Crippen LogP contribution in [0.2, 0.25) is 0 Å². The lowest BCUT2D eigenvalue weighted by atomic mass is 10.0. The van der Waals surface area contributed by atoms with Gasteiger partial charge in [-0.3, -0.25) is 9.59 Å². The minimum atomic E-state index is -0.185. The first-order valence-corrected chi connectivity index (χ1v) is 9.29. The first-order chi connectivity index (χ1) is 12.0. The number of likely N-dealkylation sites (tertiary alicyclic amines) is 2. The van der Waals surface area contributed by atoms with Gasteiger partial charge >= 0.3 is 0 Å². The molecule has 0 aromatic heterocycles. The summed E-state index contributed by atoms with van der Waals surface area (Å²) in [6, 6.07) is 8.05. The Labute approximate surface area is 149 Å². The molecule has 0 spiro atoms. The van der Waals surface area contributed by atoms with Crippen LogP contribution in [-0.4, -0.2) is 53.9 Å². The Morgan fingerprint density at radius 1 is 1.24 bits per heavy atom. The van der Waals surface area contributed by atoms with Gasteiger partial charge in [0.1, 0.15) is 11.9 Å². The van der Waals surface area contributed by atoms with E-state index in [4.69, 9.17) is 4.74 Å². The lowest BCUT2D eigenvalue weighted by Gasteiger charge is -2.40. The average Bonchev–Trinajstić information content (AvgIpc) is 2.90. The van der Waals surface area contributed by atoms with Crippen molar-refractivity contribution in [3.8, 4) is 5.75 Å². The Kier molecular flexibility index (Phi) is 5.30. The van der Waals surface area contributed by atoms with Crippen molar-refractivity contribution in [2.24, 2.45) is 11.8 Å². The van der Waals surface area contributed by atoms with Gasteiger partial charge in [-0.25, -0.2) is 0 Å². The van der Waals surface area contributed by atoms with Gasteiger partial charge in [0.25, 0.3) is 0 Å². The molecule has 2 fully saturated rings. The maximum absolute atomic E-state index is 12.6. The number of ether oxygens (including phenoxy) is 1. The Morgan fingerprint density at radius 3 is 2.64 bits per heavy atom. The molecular formula is C20H28N2O3. The third kappa shape index (κ3) is 3.97. The molecule has 1 aromatic carbocycles. The summed E-state index contributed by atoms with van der Waals surface area (Å²) >= 11 is 0. The molecule has 2 amide bonds. The lowest BCUT2D eigenvalue weighted by Crippen LogP contribution is -2.57. The Balaban J connectivity index is 1.49. The number of para-hydroxylation sites is 1. The van der Waals surface area contributed by atoms with Crippen molar-refractivity contribution in [2.75, 3.05) is 26.2 Å². The first kappa shape index (κ1) is 17.8. The fraction of sp³-hybridized carbons (Fsp3) is 0.600. The molecule has 0 saturated carbocycles. The van der Waals surface area contributed by atoms with Crippen LogP contribution in [0, 0.1) is 11.8 Å². The van der Waals surface area contributed by atoms with Gasteiger partial charge in [-0.05, 0) is 24.0 Å². The molecule has 5 nitrogen and oxygen atoms in total. The Hall–Kier alpha value is -2.04. The van der Waals surface area contributed by atoms with Crippen LogP contribution in [0.25, 0.3) is 0 Å². The summed E-state index contributed by atoms with van der Waals surface area (Å²) in [4.78, 5) is 28.3. The summed E-state index contributed by atoms with van der Waals surface area (Å²) in [5.74, 6) is 1.37. The van der Waals surface area contributed by atoms with Gasteiger partial charge in [0.05, 0.1) is 19.0 Å². The zero-order valence-corrected chi connectivity index (χ0v) is 15.4. The van der Waals surface area contributed by atoms with Crippen LogP contribution in [0.15, 0.2) is 24.3 Å². The number of hydrogen-bond donors (Lipinski definition) is 0. The summed E-state index contributed by atoms with van der Waals surface area (Å²) < 4.78 is 6.04. The first-order valence-electron chi connectivity index (χ1n) is 9.29. The van der Waals surface area contributed by atoms with Crippen LogP contribution in [0.3, 0.4) is 0 Å². The molecular weight excluding hydrogens is 316 g/mol. The molecule has 3 rings (SSSR count). The monoisotopic (exact) mass is 344 g/mol. The van der Waals surface area contributed by atoms with Crippen LogP contribution in [0.5, 0.6) is 5.75 Å². The second-order valence-electron chi connectivity index (χ2n) is 7.54. The Bertz CT molecular complexity index is 638. The van der Waals surface area contributed by atoms with E-state index in [0.29, 0.717) is 32.0 Å². The minimum Gasteiger partial charge on any atom is -0.486 e. The summed E-state index contributed by atoms with van der Waals surface area (Å²) in [5, 5.41) is 0. The predicted molar refractivity (Wildman–Crippen MR) is 96.3 cm³/mol. The van der Waals surface area contributed by atoms with E-state index < -0.39 is 0 Å². The van der Waals surface area contributed by atoms with Gasteiger partial charge in [0.2, 0.25) is 11.8 Å².